The van der Waals surface area contributed by atoms with Crippen molar-refractivity contribution in [1.29, 1.82) is 0 Å². The van der Waals surface area contributed by atoms with Crippen LogP contribution in [0.2, 0.25) is 0 Å². The van der Waals surface area contributed by atoms with Crippen molar-refractivity contribution in [2.75, 3.05) is 7.11 Å². The van der Waals surface area contributed by atoms with E-state index < -0.39 is 5.54 Å². The second-order valence-corrected chi connectivity index (χ2v) is 5.87. The summed E-state index contributed by atoms with van der Waals surface area (Å²) in [6.07, 6.45) is 0.790. The van der Waals surface area contributed by atoms with Gasteiger partial charge < -0.3 is 10.5 Å². The first kappa shape index (κ1) is 14.1. The maximum atomic E-state index is 6.46. The Morgan fingerprint density at radius 3 is 2.42 bits per heavy atom. The molecule has 0 saturated carbocycles. The molecule has 19 heavy (non-hydrogen) atoms. The monoisotopic (exact) mass is 319 g/mol. The van der Waals surface area contributed by atoms with Crippen LogP contribution in [0.3, 0.4) is 0 Å². The highest BCUT2D eigenvalue weighted by Crippen LogP contribution is 2.25. The summed E-state index contributed by atoms with van der Waals surface area (Å²) >= 11 is 3.49. The van der Waals surface area contributed by atoms with Gasteiger partial charge >= 0.3 is 0 Å². The molecule has 0 aliphatic carbocycles. The molecular weight excluding hydrogens is 302 g/mol. The van der Waals surface area contributed by atoms with Gasteiger partial charge in [0.25, 0.3) is 0 Å². The van der Waals surface area contributed by atoms with E-state index in [1.165, 1.54) is 5.56 Å². The molecule has 100 valence electrons. The van der Waals surface area contributed by atoms with Crippen LogP contribution in [-0.4, -0.2) is 7.11 Å². The van der Waals surface area contributed by atoms with E-state index in [1.54, 1.807) is 7.11 Å². The van der Waals surface area contributed by atoms with E-state index in [-0.39, 0.29) is 0 Å². The molecule has 2 aromatic rings. The van der Waals surface area contributed by atoms with Crippen LogP contribution < -0.4 is 10.5 Å². The van der Waals surface area contributed by atoms with Crippen molar-refractivity contribution in [2.45, 2.75) is 18.9 Å². The third kappa shape index (κ3) is 3.58. The van der Waals surface area contributed by atoms with Gasteiger partial charge in [-0.15, -0.1) is 0 Å². The van der Waals surface area contributed by atoms with Crippen molar-refractivity contribution in [3.05, 3.63) is 64.1 Å². The molecule has 3 heteroatoms. The maximum Gasteiger partial charge on any atom is 0.118 e. The van der Waals surface area contributed by atoms with Crippen LogP contribution in [0.15, 0.2) is 53.0 Å². The van der Waals surface area contributed by atoms with Crippen LogP contribution in [0, 0.1) is 0 Å². The first-order valence-electron chi connectivity index (χ1n) is 6.19. The van der Waals surface area contributed by atoms with Crippen LogP contribution >= 0.6 is 15.9 Å². The molecule has 0 heterocycles. The van der Waals surface area contributed by atoms with Gasteiger partial charge in [0, 0.05) is 10.0 Å². The van der Waals surface area contributed by atoms with E-state index >= 15 is 0 Å². The number of methoxy groups -OCH3 is 1. The van der Waals surface area contributed by atoms with Gasteiger partial charge in [-0.25, -0.2) is 0 Å². The smallest absolute Gasteiger partial charge is 0.118 e. The van der Waals surface area contributed by atoms with E-state index in [9.17, 15) is 0 Å². The normalized spacial score (nSPS) is 13.9. The Labute approximate surface area is 122 Å². The Kier molecular flexibility index (Phi) is 4.27. The fourth-order valence-corrected chi connectivity index (χ4v) is 2.59. The van der Waals surface area contributed by atoms with Crippen molar-refractivity contribution in [3.63, 3.8) is 0 Å². The van der Waals surface area contributed by atoms with Crippen molar-refractivity contribution >= 4 is 15.9 Å². The Morgan fingerprint density at radius 2 is 1.84 bits per heavy atom. The number of halogens is 1. The second-order valence-electron chi connectivity index (χ2n) is 4.95. The van der Waals surface area contributed by atoms with Crippen LogP contribution in [-0.2, 0) is 12.0 Å². The van der Waals surface area contributed by atoms with Crippen molar-refractivity contribution in [2.24, 2.45) is 5.73 Å². The summed E-state index contributed by atoms with van der Waals surface area (Å²) in [5.74, 6) is 0.849. The summed E-state index contributed by atoms with van der Waals surface area (Å²) in [6, 6.07) is 16.2. The number of benzene rings is 2. The average Bonchev–Trinajstić information content (AvgIpc) is 2.38. The Hall–Kier alpha value is -1.32. The molecule has 2 N–H and O–H groups in total. The molecule has 0 spiro atoms. The molecule has 0 radical (unpaired) electrons. The molecule has 2 nitrogen and oxygen atoms in total. The molecule has 2 aromatic carbocycles. The SMILES string of the molecule is COc1ccc(C(C)(N)Cc2cccc(Br)c2)cc1. The maximum absolute atomic E-state index is 6.46. The number of rotatable bonds is 4. The quantitative estimate of drug-likeness (QED) is 0.928. The zero-order valence-electron chi connectivity index (χ0n) is 11.2. The molecule has 1 atom stereocenters. The third-order valence-electron chi connectivity index (χ3n) is 3.21. The summed E-state index contributed by atoms with van der Waals surface area (Å²) in [5.41, 5.74) is 8.38. The molecule has 0 aliphatic heterocycles. The standard InChI is InChI=1S/C16H18BrNO/c1-16(18,11-12-4-3-5-14(17)10-12)13-6-8-15(19-2)9-7-13/h3-10H,11,18H2,1-2H3. The Morgan fingerprint density at radius 1 is 1.16 bits per heavy atom. The Balaban J connectivity index is 2.21. The summed E-state index contributed by atoms with van der Waals surface area (Å²) in [7, 11) is 1.66. The minimum Gasteiger partial charge on any atom is -0.497 e. The van der Waals surface area contributed by atoms with Gasteiger partial charge in [-0.3, -0.25) is 0 Å². The van der Waals surface area contributed by atoms with Gasteiger partial charge in [0.1, 0.15) is 5.75 Å². The van der Waals surface area contributed by atoms with E-state index in [4.69, 9.17) is 10.5 Å². The Bertz CT molecular complexity index is 549. The van der Waals surface area contributed by atoms with Crippen LogP contribution in [0.4, 0.5) is 0 Å². The highest BCUT2D eigenvalue weighted by Gasteiger charge is 2.21. The number of hydrogen-bond acceptors (Lipinski definition) is 2. The zero-order chi connectivity index (χ0) is 13.9. The van der Waals surface area contributed by atoms with Crippen LogP contribution in [0.25, 0.3) is 0 Å². The number of ether oxygens (including phenoxy) is 1. The fraction of sp³-hybridized carbons (Fsp3) is 0.250. The zero-order valence-corrected chi connectivity index (χ0v) is 12.8. The fourth-order valence-electron chi connectivity index (χ4n) is 2.14. The lowest BCUT2D eigenvalue weighted by Gasteiger charge is -2.25. The van der Waals surface area contributed by atoms with Gasteiger partial charge in [-0.05, 0) is 48.7 Å². The summed E-state index contributed by atoms with van der Waals surface area (Å²) in [6.45, 7) is 2.05. The van der Waals surface area contributed by atoms with E-state index in [1.807, 2.05) is 36.4 Å². The number of nitrogens with two attached hydrogens (primary N) is 1. The third-order valence-corrected chi connectivity index (χ3v) is 3.70. The lowest BCUT2D eigenvalue weighted by Crippen LogP contribution is -2.35. The molecule has 1 unspecified atom stereocenters. The van der Waals surface area contributed by atoms with Gasteiger partial charge in [0.15, 0.2) is 0 Å². The first-order valence-corrected chi connectivity index (χ1v) is 6.98. The molecule has 0 bridgehead atoms. The summed E-state index contributed by atoms with van der Waals surface area (Å²) < 4.78 is 6.25. The van der Waals surface area contributed by atoms with Crippen molar-refractivity contribution < 1.29 is 4.74 Å². The van der Waals surface area contributed by atoms with Gasteiger partial charge in [0.2, 0.25) is 0 Å². The highest BCUT2D eigenvalue weighted by atomic mass is 79.9. The van der Waals surface area contributed by atoms with Gasteiger partial charge in [-0.2, -0.15) is 0 Å². The summed E-state index contributed by atoms with van der Waals surface area (Å²) in [5, 5.41) is 0. The lowest BCUT2D eigenvalue weighted by atomic mass is 9.86. The van der Waals surface area contributed by atoms with Gasteiger partial charge in [-0.1, -0.05) is 40.2 Å². The predicted octanol–water partition coefficient (Wildman–Crippen LogP) is 3.87. The van der Waals surface area contributed by atoms with Crippen LogP contribution in [0.5, 0.6) is 5.75 Å². The lowest BCUT2D eigenvalue weighted by molar-refractivity contribution is 0.413. The number of hydrogen-bond donors (Lipinski definition) is 1. The molecule has 0 aliphatic rings. The summed E-state index contributed by atoms with van der Waals surface area (Å²) in [4.78, 5) is 0. The van der Waals surface area contributed by atoms with E-state index in [0.29, 0.717) is 0 Å². The van der Waals surface area contributed by atoms with E-state index in [2.05, 4.69) is 35.0 Å². The van der Waals surface area contributed by atoms with Crippen molar-refractivity contribution in [3.8, 4) is 5.75 Å². The van der Waals surface area contributed by atoms with Crippen molar-refractivity contribution in [1.82, 2.24) is 0 Å². The minimum absolute atomic E-state index is 0.396. The minimum atomic E-state index is -0.396. The molecular formula is C16H18BrNO. The van der Waals surface area contributed by atoms with Crippen LogP contribution in [0.1, 0.15) is 18.1 Å². The van der Waals surface area contributed by atoms with Gasteiger partial charge in [0.05, 0.1) is 7.11 Å². The van der Waals surface area contributed by atoms with E-state index in [0.717, 1.165) is 22.2 Å². The average molecular weight is 320 g/mol. The predicted molar refractivity (Wildman–Crippen MR) is 82.4 cm³/mol. The first-order chi connectivity index (χ1) is 9.01. The molecule has 0 fully saturated rings. The molecule has 0 amide bonds. The molecule has 0 saturated heterocycles. The highest BCUT2D eigenvalue weighted by molar-refractivity contribution is 9.10. The topological polar surface area (TPSA) is 35.2 Å². The molecule has 0 aromatic heterocycles. The second kappa shape index (κ2) is 5.76. The largest absolute Gasteiger partial charge is 0.497 e. The molecule has 2 rings (SSSR count).